The number of aryl methyl sites for hydroxylation is 2. The summed E-state index contributed by atoms with van der Waals surface area (Å²) in [6.07, 6.45) is 0. The summed E-state index contributed by atoms with van der Waals surface area (Å²) in [7, 11) is -3.59. The monoisotopic (exact) mass is 378 g/mol. The molecule has 0 aliphatic carbocycles. The van der Waals surface area contributed by atoms with E-state index >= 15 is 0 Å². The molecule has 0 radical (unpaired) electrons. The van der Waals surface area contributed by atoms with Gasteiger partial charge in [-0.1, -0.05) is 16.8 Å². The number of nitrogens with one attached hydrogen (secondary N) is 1. The number of anilines is 1. The summed E-state index contributed by atoms with van der Waals surface area (Å²) < 4.78 is 32.1. The molecule has 0 atom stereocenters. The summed E-state index contributed by atoms with van der Waals surface area (Å²) >= 11 is 9.30. The third kappa shape index (κ3) is 3.74. The van der Waals surface area contributed by atoms with Crippen LogP contribution in [0.5, 0.6) is 0 Å². The molecule has 8 heteroatoms. The summed E-state index contributed by atoms with van der Waals surface area (Å²) in [6.45, 7) is 3.54. The van der Waals surface area contributed by atoms with Crippen molar-refractivity contribution in [2.45, 2.75) is 19.6 Å². The molecule has 0 saturated carbocycles. The van der Waals surface area contributed by atoms with Crippen molar-refractivity contribution in [2.24, 2.45) is 0 Å². The van der Waals surface area contributed by atoms with Crippen LogP contribution >= 0.6 is 27.5 Å². The van der Waals surface area contributed by atoms with E-state index in [0.717, 1.165) is 5.56 Å². The topological polar surface area (TPSA) is 72.2 Å². The fourth-order valence-corrected chi connectivity index (χ4v) is 3.56. The number of hydrogen-bond donors (Lipinski definition) is 1. The summed E-state index contributed by atoms with van der Waals surface area (Å²) in [5, 5.41) is 4.15. The minimum absolute atomic E-state index is 0.262. The van der Waals surface area contributed by atoms with Crippen LogP contribution in [-0.4, -0.2) is 13.6 Å². The second-order valence-electron chi connectivity index (χ2n) is 4.37. The van der Waals surface area contributed by atoms with Crippen molar-refractivity contribution in [3.8, 4) is 0 Å². The van der Waals surface area contributed by atoms with E-state index in [4.69, 9.17) is 16.1 Å². The lowest BCUT2D eigenvalue weighted by Gasteiger charge is -2.10. The second kappa shape index (κ2) is 5.75. The maximum atomic E-state index is 12.1. The Morgan fingerprint density at radius 3 is 2.65 bits per heavy atom. The fraction of sp³-hybridized carbons (Fsp3) is 0.250. The van der Waals surface area contributed by atoms with E-state index in [2.05, 4.69) is 25.8 Å². The molecule has 0 unspecified atom stereocenters. The smallest absolute Gasteiger partial charge is 0.238 e. The molecular formula is C12H12BrClN2O3S. The number of aromatic nitrogens is 1. The molecule has 0 spiro atoms. The van der Waals surface area contributed by atoms with Crippen LogP contribution in [0.3, 0.4) is 0 Å². The molecule has 0 aliphatic rings. The molecule has 0 saturated heterocycles. The van der Waals surface area contributed by atoms with E-state index < -0.39 is 10.0 Å². The van der Waals surface area contributed by atoms with Crippen LogP contribution in [0.1, 0.15) is 17.0 Å². The average Bonchev–Trinajstić information content (AvgIpc) is 2.70. The zero-order chi connectivity index (χ0) is 14.9. The third-order valence-electron chi connectivity index (χ3n) is 2.53. The summed E-state index contributed by atoms with van der Waals surface area (Å²) in [5.41, 5.74) is 1.60. The van der Waals surface area contributed by atoms with Gasteiger partial charge in [-0.2, -0.15) is 0 Å². The summed E-state index contributed by atoms with van der Waals surface area (Å²) in [6, 6.07) is 4.89. The number of nitrogens with zero attached hydrogens (tertiary/aromatic N) is 1. The Bertz CT molecular complexity index is 743. The minimum Gasteiger partial charge on any atom is -0.361 e. The number of hydrogen-bond acceptors (Lipinski definition) is 4. The van der Waals surface area contributed by atoms with Gasteiger partial charge in [0.05, 0.1) is 5.69 Å². The molecule has 1 N–H and O–H groups in total. The van der Waals surface area contributed by atoms with Crippen molar-refractivity contribution in [3.05, 3.63) is 44.7 Å². The van der Waals surface area contributed by atoms with Crippen LogP contribution < -0.4 is 4.72 Å². The number of benzene rings is 1. The lowest BCUT2D eigenvalue weighted by atomic mass is 10.2. The predicted octanol–water partition coefficient (Wildman–Crippen LogP) is 3.65. The minimum atomic E-state index is -3.59. The zero-order valence-electron chi connectivity index (χ0n) is 10.8. The number of halogens is 2. The van der Waals surface area contributed by atoms with Gasteiger partial charge in [0.1, 0.15) is 17.2 Å². The highest BCUT2D eigenvalue weighted by atomic mass is 79.9. The Balaban J connectivity index is 2.22. The standard InChI is InChI=1S/C12H12BrClN2O3S/c1-7-3-10(13)12(5-11(7)14)16-20(17,18)6-9-4-8(2)19-15-9/h3-5,16H,6H2,1-2H3. The van der Waals surface area contributed by atoms with Gasteiger partial charge < -0.3 is 4.52 Å². The van der Waals surface area contributed by atoms with Crippen LogP contribution in [0.25, 0.3) is 0 Å². The van der Waals surface area contributed by atoms with Gasteiger partial charge in [0.15, 0.2) is 0 Å². The average molecular weight is 380 g/mol. The normalized spacial score (nSPS) is 11.6. The van der Waals surface area contributed by atoms with Crippen molar-refractivity contribution in [1.29, 1.82) is 0 Å². The summed E-state index contributed by atoms with van der Waals surface area (Å²) in [4.78, 5) is 0. The molecule has 20 heavy (non-hydrogen) atoms. The van der Waals surface area contributed by atoms with Gasteiger partial charge in [0, 0.05) is 15.6 Å². The number of rotatable bonds is 4. The Morgan fingerprint density at radius 2 is 2.05 bits per heavy atom. The molecule has 0 bridgehead atoms. The van der Waals surface area contributed by atoms with Gasteiger partial charge >= 0.3 is 0 Å². The first-order valence-electron chi connectivity index (χ1n) is 5.65. The maximum Gasteiger partial charge on any atom is 0.238 e. The molecular weight excluding hydrogens is 368 g/mol. The molecule has 2 rings (SSSR count). The zero-order valence-corrected chi connectivity index (χ0v) is 13.9. The van der Waals surface area contributed by atoms with Crippen LogP contribution in [0.4, 0.5) is 5.69 Å². The summed E-state index contributed by atoms with van der Waals surface area (Å²) in [5.74, 6) is 0.303. The second-order valence-corrected chi connectivity index (χ2v) is 7.36. The first-order valence-corrected chi connectivity index (χ1v) is 8.47. The molecule has 0 amide bonds. The van der Waals surface area contributed by atoms with Crippen LogP contribution in [0, 0.1) is 13.8 Å². The van der Waals surface area contributed by atoms with Crippen LogP contribution in [0.2, 0.25) is 5.02 Å². The Kier molecular flexibility index (Phi) is 4.41. The maximum absolute atomic E-state index is 12.1. The Morgan fingerprint density at radius 1 is 1.35 bits per heavy atom. The van der Waals surface area contributed by atoms with Gasteiger partial charge in [-0.3, -0.25) is 4.72 Å². The highest BCUT2D eigenvalue weighted by Crippen LogP contribution is 2.30. The van der Waals surface area contributed by atoms with E-state index in [1.165, 1.54) is 0 Å². The van der Waals surface area contributed by atoms with Gasteiger partial charge in [0.25, 0.3) is 0 Å². The molecule has 1 heterocycles. The lowest BCUT2D eigenvalue weighted by molar-refractivity contribution is 0.392. The first-order chi connectivity index (χ1) is 9.27. The van der Waals surface area contributed by atoms with Crippen molar-refractivity contribution in [2.75, 3.05) is 4.72 Å². The SMILES string of the molecule is Cc1cc(CS(=O)(=O)Nc2cc(Cl)c(C)cc2Br)no1. The van der Waals surface area contributed by atoms with Crippen molar-refractivity contribution < 1.29 is 12.9 Å². The molecule has 1 aromatic heterocycles. The molecule has 0 aliphatic heterocycles. The third-order valence-corrected chi connectivity index (χ3v) is 4.80. The van der Waals surface area contributed by atoms with Crippen molar-refractivity contribution >= 4 is 43.2 Å². The predicted molar refractivity (Wildman–Crippen MR) is 81.4 cm³/mol. The molecule has 0 fully saturated rings. The van der Waals surface area contributed by atoms with Crippen LogP contribution in [0.15, 0.2) is 27.2 Å². The van der Waals surface area contributed by atoms with Crippen molar-refractivity contribution in [3.63, 3.8) is 0 Å². The van der Waals surface area contributed by atoms with Gasteiger partial charge in [0.2, 0.25) is 10.0 Å². The van der Waals surface area contributed by atoms with Gasteiger partial charge in [-0.15, -0.1) is 0 Å². The lowest BCUT2D eigenvalue weighted by Crippen LogP contribution is -2.15. The highest BCUT2D eigenvalue weighted by Gasteiger charge is 2.16. The van der Waals surface area contributed by atoms with Crippen LogP contribution in [-0.2, 0) is 15.8 Å². The molecule has 108 valence electrons. The van der Waals surface area contributed by atoms with E-state index in [-0.39, 0.29) is 5.75 Å². The van der Waals surface area contributed by atoms with E-state index in [9.17, 15) is 8.42 Å². The number of sulfonamides is 1. The van der Waals surface area contributed by atoms with Gasteiger partial charge in [-0.25, -0.2) is 8.42 Å². The highest BCUT2D eigenvalue weighted by molar-refractivity contribution is 9.10. The molecule has 5 nitrogen and oxygen atoms in total. The fourth-order valence-electron chi connectivity index (χ4n) is 1.61. The molecule has 2 aromatic rings. The first kappa shape index (κ1) is 15.3. The molecule has 1 aromatic carbocycles. The van der Waals surface area contributed by atoms with E-state index in [1.807, 2.05) is 6.92 Å². The largest absolute Gasteiger partial charge is 0.361 e. The van der Waals surface area contributed by atoms with Gasteiger partial charge in [-0.05, 0) is 47.5 Å². The van der Waals surface area contributed by atoms with E-state index in [1.54, 1.807) is 25.1 Å². The van der Waals surface area contributed by atoms with E-state index in [0.29, 0.717) is 26.6 Å². The van der Waals surface area contributed by atoms with Crippen molar-refractivity contribution in [1.82, 2.24) is 5.16 Å². The quantitative estimate of drug-likeness (QED) is 0.880. The Hall–Kier alpha value is -1.05. The Labute approximate surface area is 130 Å².